The van der Waals surface area contributed by atoms with Crippen molar-refractivity contribution in [2.45, 2.75) is 52.0 Å². The van der Waals surface area contributed by atoms with E-state index in [1.54, 1.807) is 0 Å². The van der Waals surface area contributed by atoms with Crippen LogP contribution in [0.25, 0.3) is 11.0 Å². The molecule has 0 saturated carbocycles. The maximum Gasteiger partial charge on any atom is 0.115 e. The van der Waals surface area contributed by atoms with Crippen LogP contribution in [0.1, 0.15) is 45.5 Å². The van der Waals surface area contributed by atoms with Gasteiger partial charge < -0.3 is 10.3 Å². The van der Waals surface area contributed by atoms with Gasteiger partial charge in [0, 0.05) is 18.5 Å². The SMILES string of the molecule is CC(N)CCc1ccc2nc(C(C)(C)C)n(C)c2c1. The van der Waals surface area contributed by atoms with Gasteiger partial charge in [0.25, 0.3) is 0 Å². The molecule has 0 aliphatic rings. The molecule has 1 aromatic carbocycles. The molecule has 3 nitrogen and oxygen atoms in total. The Balaban J connectivity index is 2.40. The van der Waals surface area contributed by atoms with E-state index in [-0.39, 0.29) is 11.5 Å². The Morgan fingerprint density at radius 3 is 2.58 bits per heavy atom. The summed E-state index contributed by atoms with van der Waals surface area (Å²) in [5.74, 6) is 1.13. The van der Waals surface area contributed by atoms with E-state index in [0.29, 0.717) is 0 Å². The van der Waals surface area contributed by atoms with Crippen LogP contribution in [0.15, 0.2) is 18.2 Å². The normalized spacial score (nSPS) is 14.0. The van der Waals surface area contributed by atoms with Crippen LogP contribution in [0.2, 0.25) is 0 Å². The summed E-state index contributed by atoms with van der Waals surface area (Å²) in [6.45, 7) is 8.65. The second-order valence-corrected chi connectivity index (χ2v) is 6.58. The first-order valence-electron chi connectivity index (χ1n) is 7.00. The summed E-state index contributed by atoms with van der Waals surface area (Å²) in [5.41, 5.74) is 9.53. The van der Waals surface area contributed by atoms with Crippen molar-refractivity contribution in [2.24, 2.45) is 12.8 Å². The van der Waals surface area contributed by atoms with Crippen LogP contribution in [0.3, 0.4) is 0 Å². The van der Waals surface area contributed by atoms with Crippen molar-refractivity contribution in [3.05, 3.63) is 29.6 Å². The average Bonchev–Trinajstić information content (AvgIpc) is 2.64. The maximum atomic E-state index is 5.83. The van der Waals surface area contributed by atoms with Crippen LogP contribution in [0.4, 0.5) is 0 Å². The zero-order chi connectivity index (χ0) is 14.2. The number of aryl methyl sites for hydroxylation is 2. The Morgan fingerprint density at radius 2 is 2.00 bits per heavy atom. The van der Waals surface area contributed by atoms with Gasteiger partial charge in [0.05, 0.1) is 11.0 Å². The van der Waals surface area contributed by atoms with Gasteiger partial charge in [0.2, 0.25) is 0 Å². The minimum absolute atomic E-state index is 0.0692. The summed E-state index contributed by atoms with van der Waals surface area (Å²) in [7, 11) is 2.10. The first-order chi connectivity index (χ1) is 8.79. The van der Waals surface area contributed by atoms with Gasteiger partial charge in [-0.3, -0.25) is 0 Å². The Bertz CT molecular complexity index is 573. The molecule has 0 aliphatic carbocycles. The predicted octanol–water partition coefficient (Wildman–Crippen LogP) is 3.15. The Kier molecular flexibility index (Phi) is 3.68. The van der Waals surface area contributed by atoms with Crippen LogP contribution >= 0.6 is 0 Å². The van der Waals surface area contributed by atoms with E-state index in [9.17, 15) is 0 Å². The number of benzene rings is 1. The number of fused-ring (bicyclic) bond motifs is 1. The quantitative estimate of drug-likeness (QED) is 0.920. The van der Waals surface area contributed by atoms with Crippen LogP contribution in [0, 0.1) is 0 Å². The van der Waals surface area contributed by atoms with Crippen molar-refractivity contribution in [3.63, 3.8) is 0 Å². The summed E-state index contributed by atoms with van der Waals surface area (Å²) >= 11 is 0. The van der Waals surface area contributed by atoms with Crippen molar-refractivity contribution in [1.82, 2.24) is 9.55 Å². The highest BCUT2D eigenvalue weighted by Gasteiger charge is 2.21. The molecule has 2 aromatic rings. The van der Waals surface area contributed by atoms with Gasteiger partial charge in [-0.15, -0.1) is 0 Å². The third-order valence-electron chi connectivity index (χ3n) is 3.50. The van der Waals surface area contributed by atoms with Crippen molar-refractivity contribution in [2.75, 3.05) is 0 Å². The van der Waals surface area contributed by atoms with Crippen molar-refractivity contribution >= 4 is 11.0 Å². The summed E-state index contributed by atoms with van der Waals surface area (Å²) < 4.78 is 2.21. The lowest BCUT2D eigenvalue weighted by molar-refractivity contribution is 0.526. The number of rotatable bonds is 3. The molecule has 3 heteroatoms. The van der Waals surface area contributed by atoms with Crippen molar-refractivity contribution in [3.8, 4) is 0 Å². The number of hydrogen-bond donors (Lipinski definition) is 1. The molecule has 104 valence electrons. The first-order valence-corrected chi connectivity index (χ1v) is 7.00. The lowest BCUT2D eigenvalue weighted by Gasteiger charge is -2.17. The van der Waals surface area contributed by atoms with Crippen molar-refractivity contribution in [1.29, 1.82) is 0 Å². The maximum absolute atomic E-state index is 5.83. The fourth-order valence-corrected chi connectivity index (χ4v) is 2.46. The highest BCUT2D eigenvalue weighted by molar-refractivity contribution is 5.77. The molecule has 0 fully saturated rings. The van der Waals surface area contributed by atoms with E-state index in [1.165, 1.54) is 11.1 Å². The van der Waals surface area contributed by atoms with E-state index in [1.807, 2.05) is 0 Å². The number of aromatic nitrogens is 2. The van der Waals surface area contributed by atoms with E-state index >= 15 is 0 Å². The lowest BCUT2D eigenvalue weighted by atomic mass is 9.96. The van der Waals surface area contributed by atoms with E-state index < -0.39 is 0 Å². The monoisotopic (exact) mass is 259 g/mol. The zero-order valence-electron chi connectivity index (χ0n) is 12.7. The van der Waals surface area contributed by atoms with Gasteiger partial charge in [-0.1, -0.05) is 26.8 Å². The van der Waals surface area contributed by atoms with Crippen LogP contribution < -0.4 is 5.73 Å². The number of hydrogen-bond acceptors (Lipinski definition) is 2. The minimum atomic E-state index is 0.0692. The molecule has 0 amide bonds. The van der Waals surface area contributed by atoms with Gasteiger partial charge in [0.1, 0.15) is 5.82 Å². The van der Waals surface area contributed by atoms with Crippen LogP contribution in [-0.4, -0.2) is 15.6 Å². The molecular weight excluding hydrogens is 234 g/mol. The molecule has 1 unspecified atom stereocenters. The molecule has 19 heavy (non-hydrogen) atoms. The second-order valence-electron chi connectivity index (χ2n) is 6.58. The highest BCUT2D eigenvalue weighted by Crippen LogP contribution is 2.26. The number of imidazole rings is 1. The summed E-state index contributed by atoms with van der Waals surface area (Å²) in [4.78, 5) is 4.76. The zero-order valence-corrected chi connectivity index (χ0v) is 12.7. The molecule has 1 atom stereocenters. The molecule has 0 radical (unpaired) electrons. The minimum Gasteiger partial charge on any atom is -0.331 e. The third-order valence-corrected chi connectivity index (χ3v) is 3.50. The van der Waals surface area contributed by atoms with Gasteiger partial charge in [-0.25, -0.2) is 4.98 Å². The molecule has 0 saturated heterocycles. The van der Waals surface area contributed by atoms with Crippen molar-refractivity contribution < 1.29 is 0 Å². The standard InChI is InChI=1S/C16H25N3/c1-11(17)6-7-12-8-9-13-14(10-12)19(5)15(18-13)16(2,3)4/h8-11H,6-7,17H2,1-5H3. The van der Waals surface area contributed by atoms with Crippen LogP contribution in [-0.2, 0) is 18.9 Å². The Morgan fingerprint density at radius 1 is 1.32 bits per heavy atom. The molecule has 0 aliphatic heterocycles. The molecule has 0 bridgehead atoms. The van der Waals surface area contributed by atoms with Gasteiger partial charge in [-0.05, 0) is 37.5 Å². The third kappa shape index (κ3) is 2.98. The van der Waals surface area contributed by atoms with Crippen LogP contribution in [0.5, 0.6) is 0 Å². The first kappa shape index (κ1) is 14.1. The number of nitrogens with two attached hydrogens (primary N) is 1. The fraction of sp³-hybridized carbons (Fsp3) is 0.562. The van der Waals surface area contributed by atoms with Gasteiger partial charge >= 0.3 is 0 Å². The average molecular weight is 259 g/mol. The molecule has 2 N–H and O–H groups in total. The Hall–Kier alpha value is -1.35. The summed E-state index contributed by atoms with van der Waals surface area (Å²) in [5, 5.41) is 0. The van der Waals surface area contributed by atoms with E-state index in [2.05, 4.69) is 57.5 Å². The summed E-state index contributed by atoms with van der Waals surface area (Å²) in [6, 6.07) is 6.80. The fourth-order valence-electron chi connectivity index (χ4n) is 2.46. The van der Waals surface area contributed by atoms with E-state index in [0.717, 1.165) is 24.2 Å². The molecule has 0 spiro atoms. The molecule has 1 aromatic heterocycles. The number of nitrogens with zero attached hydrogens (tertiary/aromatic N) is 2. The van der Waals surface area contributed by atoms with Gasteiger partial charge in [-0.2, -0.15) is 0 Å². The highest BCUT2D eigenvalue weighted by atomic mass is 15.1. The topological polar surface area (TPSA) is 43.8 Å². The summed E-state index contributed by atoms with van der Waals surface area (Å²) in [6.07, 6.45) is 2.05. The second kappa shape index (κ2) is 4.97. The largest absolute Gasteiger partial charge is 0.331 e. The lowest BCUT2D eigenvalue weighted by Crippen LogP contribution is -2.17. The Labute approximate surface area is 115 Å². The predicted molar refractivity (Wildman–Crippen MR) is 81.4 cm³/mol. The molecular formula is C16H25N3. The smallest absolute Gasteiger partial charge is 0.115 e. The van der Waals surface area contributed by atoms with Gasteiger partial charge in [0.15, 0.2) is 0 Å². The molecule has 1 heterocycles. The molecule has 2 rings (SSSR count). The van der Waals surface area contributed by atoms with E-state index in [4.69, 9.17) is 10.7 Å².